The van der Waals surface area contributed by atoms with E-state index in [2.05, 4.69) is 5.32 Å². The predicted octanol–water partition coefficient (Wildman–Crippen LogP) is 2.23. The second kappa shape index (κ2) is 10.4. The van der Waals surface area contributed by atoms with Gasteiger partial charge in [-0.3, -0.25) is 9.59 Å². The standard InChI is InChI=1S/C18H26FN3O2.ClH/c1-2-3-16(20)18(24)22-10-8-14(9-11-22)17(23)21-12-13-4-6-15(19)7-5-13;/h4-7,14,16H,2-3,8-12,20H2,1H3,(H,21,23);1H. The molecular weight excluding hydrogens is 345 g/mol. The summed E-state index contributed by atoms with van der Waals surface area (Å²) < 4.78 is 12.9. The number of hydrogen-bond donors (Lipinski definition) is 2. The van der Waals surface area contributed by atoms with Crippen LogP contribution in [-0.4, -0.2) is 35.8 Å². The number of amides is 2. The molecule has 1 saturated heterocycles. The summed E-state index contributed by atoms with van der Waals surface area (Å²) in [4.78, 5) is 26.2. The Morgan fingerprint density at radius 2 is 1.88 bits per heavy atom. The minimum atomic E-state index is -0.432. The van der Waals surface area contributed by atoms with Crippen LogP contribution < -0.4 is 11.1 Å². The number of nitrogens with one attached hydrogen (secondary N) is 1. The third kappa shape index (κ3) is 6.29. The predicted molar refractivity (Wildman–Crippen MR) is 97.7 cm³/mol. The van der Waals surface area contributed by atoms with E-state index < -0.39 is 6.04 Å². The van der Waals surface area contributed by atoms with Gasteiger partial charge in [-0.25, -0.2) is 4.39 Å². The molecule has 1 aliphatic rings. The zero-order valence-corrected chi connectivity index (χ0v) is 15.4. The topological polar surface area (TPSA) is 75.4 Å². The molecule has 0 aromatic heterocycles. The molecule has 3 N–H and O–H groups in total. The van der Waals surface area contributed by atoms with Crippen LogP contribution >= 0.6 is 12.4 Å². The highest BCUT2D eigenvalue weighted by molar-refractivity contribution is 5.85. The van der Waals surface area contributed by atoms with E-state index in [0.29, 0.717) is 38.9 Å². The molecule has 1 unspecified atom stereocenters. The minimum Gasteiger partial charge on any atom is -0.352 e. The number of nitrogens with two attached hydrogens (primary N) is 1. The van der Waals surface area contributed by atoms with Crippen molar-refractivity contribution in [3.8, 4) is 0 Å². The molecule has 140 valence electrons. The van der Waals surface area contributed by atoms with Crippen LogP contribution in [0.2, 0.25) is 0 Å². The molecule has 0 bridgehead atoms. The van der Waals surface area contributed by atoms with Gasteiger partial charge in [-0.05, 0) is 37.0 Å². The highest BCUT2D eigenvalue weighted by Crippen LogP contribution is 2.18. The molecular formula is C18H27ClFN3O2. The first kappa shape index (κ1) is 21.4. The van der Waals surface area contributed by atoms with E-state index in [0.717, 1.165) is 12.0 Å². The van der Waals surface area contributed by atoms with Crippen molar-refractivity contribution >= 4 is 24.2 Å². The summed E-state index contributed by atoms with van der Waals surface area (Å²) in [5.74, 6) is -0.397. The van der Waals surface area contributed by atoms with Gasteiger partial charge in [-0.2, -0.15) is 0 Å². The van der Waals surface area contributed by atoms with Crippen LogP contribution in [-0.2, 0) is 16.1 Å². The van der Waals surface area contributed by atoms with Crippen LogP contribution in [0.1, 0.15) is 38.2 Å². The van der Waals surface area contributed by atoms with Crippen molar-refractivity contribution in [2.24, 2.45) is 11.7 Å². The Morgan fingerprint density at radius 1 is 1.28 bits per heavy atom. The van der Waals surface area contributed by atoms with Crippen molar-refractivity contribution < 1.29 is 14.0 Å². The summed E-state index contributed by atoms with van der Waals surface area (Å²) in [6.45, 7) is 3.54. The van der Waals surface area contributed by atoms with E-state index in [1.54, 1.807) is 17.0 Å². The molecule has 1 aliphatic heterocycles. The van der Waals surface area contributed by atoms with Gasteiger partial charge in [0.05, 0.1) is 6.04 Å². The molecule has 0 aliphatic carbocycles. The number of carbonyl (C=O) groups excluding carboxylic acids is 2. The lowest BCUT2D eigenvalue weighted by Crippen LogP contribution is -2.48. The molecule has 1 heterocycles. The van der Waals surface area contributed by atoms with Gasteiger partial charge < -0.3 is 16.0 Å². The Kier molecular flexibility index (Phi) is 8.86. The molecule has 2 rings (SSSR count). The van der Waals surface area contributed by atoms with Gasteiger partial charge >= 0.3 is 0 Å². The number of nitrogens with zero attached hydrogens (tertiary/aromatic N) is 1. The maximum absolute atomic E-state index is 12.9. The number of likely N-dealkylation sites (tertiary alicyclic amines) is 1. The first-order valence-corrected chi connectivity index (χ1v) is 8.57. The van der Waals surface area contributed by atoms with Crippen LogP contribution in [0.15, 0.2) is 24.3 Å². The van der Waals surface area contributed by atoms with Crippen molar-refractivity contribution in [1.82, 2.24) is 10.2 Å². The SMILES string of the molecule is CCCC(N)C(=O)N1CCC(C(=O)NCc2ccc(F)cc2)CC1.Cl. The van der Waals surface area contributed by atoms with E-state index in [9.17, 15) is 14.0 Å². The molecule has 2 amide bonds. The van der Waals surface area contributed by atoms with Gasteiger partial charge in [-0.1, -0.05) is 25.5 Å². The van der Waals surface area contributed by atoms with Crippen molar-refractivity contribution in [3.63, 3.8) is 0 Å². The van der Waals surface area contributed by atoms with Gasteiger partial charge in [0.1, 0.15) is 5.82 Å². The van der Waals surface area contributed by atoms with Crippen molar-refractivity contribution in [2.75, 3.05) is 13.1 Å². The number of benzene rings is 1. The summed E-state index contributed by atoms with van der Waals surface area (Å²) in [6, 6.07) is 5.65. The molecule has 1 aromatic rings. The van der Waals surface area contributed by atoms with Crippen molar-refractivity contribution in [2.45, 2.75) is 45.2 Å². The molecule has 1 aromatic carbocycles. The lowest BCUT2D eigenvalue weighted by atomic mass is 9.95. The summed E-state index contributed by atoms with van der Waals surface area (Å²) >= 11 is 0. The van der Waals surface area contributed by atoms with Crippen LogP contribution in [0.5, 0.6) is 0 Å². The average Bonchev–Trinajstić information content (AvgIpc) is 2.60. The summed E-state index contributed by atoms with van der Waals surface area (Å²) in [5.41, 5.74) is 6.74. The average molecular weight is 372 g/mol. The number of carbonyl (C=O) groups is 2. The zero-order valence-electron chi connectivity index (χ0n) is 14.5. The lowest BCUT2D eigenvalue weighted by Gasteiger charge is -2.33. The van der Waals surface area contributed by atoms with E-state index >= 15 is 0 Å². The lowest BCUT2D eigenvalue weighted by molar-refractivity contribution is -0.136. The number of piperidine rings is 1. The normalized spacial score (nSPS) is 16.0. The molecule has 5 nitrogen and oxygen atoms in total. The van der Waals surface area contributed by atoms with E-state index in [4.69, 9.17) is 5.73 Å². The number of rotatable bonds is 6. The summed E-state index contributed by atoms with van der Waals surface area (Å²) in [7, 11) is 0. The molecule has 0 saturated carbocycles. The van der Waals surface area contributed by atoms with Gasteiger partial charge in [0.25, 0.3) is 0 Å². The summed E-state index contributed by atoms with van der Waals surface area (Å²) in [6.07, 6.45) is 2.88. The van der Waals surface area contributed by atoms with Crippen LogP contribution in [0.3, 0.4) is 0 Å². The van der Waals surface area contributed by atoms with Crippen molar-refractivity contribution in [1.29, 1.82) is 0 Å². The second-order valence-electron chi connectivity index (χ2n) is 6.34. The number of hydrogen-bond acceptors (Lipinski definition) is 3. The Labute approximate surface area is 154 Å². The third-order valence-corrected chi connectivity index (χ3v) is 4.47. The molecule has 0 radical (unpaired) electrons. The Morgan fingerprint density at radius 3 is 2.44 bits per heavy atom. The molecule has 1 atom stereocenters. The Hall–Kier alpha value is -1.66. The fourth-order valence-electron chi connectivity index (χ4n) is 2.97. The highest BCUT2D eigenvalue weighted by atomic mass is 35.5. The quantitative estimate of drug-likeness (QED) is 0.805. The van der Waals surface area contributed by atoms with Gasteiger partial charge in [0, 0.05) is 25.6 Å². The fraction of sp³-hybridized carbons (Fsp3) is 0.556. The summed E-state index contributed by atoms with van der Waals surface area (Å²) in [5, 5.41) is 2.89. The molecule has 0 spiro atoms. The van der Waals surface area contributed by atoms with Crippen LogP contribution in [0, 0.1) is 11.7 Å². The molecule has 7 heteroatoms. The fourth-order valence-corrected chi connectivity index (χ4v) is 2.97. The third-order valence-electron chi connectivity index (χ3n) is 4.47. The number of halogens is 2. The van der Waals surface area contributed by atoms with E-state index in [1.807, 2.05) is 6.92 Å². The maximum Gasteiger partial charge on any atom is 0.239 e. The van der Waals surface area contributed by atoms with Gasteiger partial charge in [0.15, 0.2) is 0 Å². The smallest absolute Gasteiger partial charge is 0.239 e. The van der Waals surface area contributed by atoms with Gasteiger partial charge in [0.2, 0.25) is 11.8 Å². The van der Waals surface area contributed by atoms with E-state index in [1.165, 1.54) is 12.1 Å². The zero-order chi connectivity index (χ0) is 17.5. The highest BCUT2D eigenvalue weighted by Gasteiger charge is 2.29. The first-order chi connectivity index (χ1) is 11.5. The Bertz CT molecular complexity index is 560. The molecule has 1 fully saturated rings. The minimum absolute atomic E-state index is 0. The van der Waals surface area contributed by atoms with Crippen LogP contribution in [0.4, 0.5) is 4.39 Å². The molecule has 25 heavy (non-hydrogen) atoms. The second-order valence-corrected chi connectivity index (χ2v) is 6.34. The monoisotopic (exact) mass is 371 g/mol. The Balaban J connectivity index is 0.00000312. The van der Waals surface area contributed by atoms with E-state index in [-0.39, 0.29) is 36.0 Å². The first-order valence-electron chi connectivity index (χ1n) is 8.57. The van der Waals surface area contributed by atoms with Crippen molar-refractivity contribution in [3.05, 3.63) is 35.6 Å². The largest absolute Gasteiger partial charge is 0.352 e. The van der Waals surface area contributed by atoms with Crippen LogP contribution in [0.25, 0.3) is 0 Å². The van der Waals surface area contributed by atoms with Gasteiger partial charge in [-0.15, -0.1) is 12.4 Å². The maximum atomic E-state index is 12.9.